The minimum Gasteiger partial charge on any atom is -0.373 e. The van der Waals surface area contributed by atoms with Gasteiger partial charge in [-0.05, 0) is 12.8 Å². The SMILES string of the molecule is CCCc1cc(NC)nc(CCC)n1. The number of aryl methyl sites for hydroxylation is 2. The van der Waals surface area contributed by atoms with Crippen molar-refractivity contribution in [3.05, 3.63) is 17.6 Å². The molecule has 1 aromatic heterocycles. The van der Waals surface area contributed by atoms with E-state index in [1.54, 1.807) is 0 Å². The van der Waals surface area contributed by atoms with Gasteiger partial charge in [-0.3, -0.25) is 0 Å². The summed E-state index contributed by atoms with van der Waals surface area (Å²) in [4.78, 5) is 8.91. The van der Waals surface area contributed by atoms with Crippen LogP contribution in [0, 0.1) is 0 Å². The zero-order valence-electron chi connectivity index (χ0n) is 9.30. The number of nitrogens with one attached hydrogen (secondary N) is 1. The van der Waals surface area contributed by atoms with Crippen molar-refractivity contribution in [3.63, 3.8) is 0 Å². The van der Waals surface area contributed by atoms with Gasteiger partial charge in [-0.25, -0.2) is 9.97 Å². The minimum atomic E-state index is 0.937. The third-order valence-corrected chi connectivity index (χ3v) is 2.06. The fraction of sp³-hybridized carbons (Fsp3) is 0.636. The maximum Gasteiger partial charge on any atom is 0.130 e. The van der Waals surface area contributed by atoms with E-state index in [0.717, 1.165) is 43.0 Å². The Hall–Kier alpha value is -1.12. The topological polar surface area (TPSA) is 37.8 Å². The highest BCUT2D eigenvalue weighted by Gasteiger charge is 2.02. The van der Waals surface area contributed by atoms with Crippen LogP contribution < -0.4 is 5.32 Å². The molecular formula is C11H19N3. The van der Waals surface area contributed by atoms with Crippen LogP contribution in [0.1, 0.15) is 38.2 Å². The first kappa shape index (κ1) is 11.0. The highest BCUT2D eigenvalue weighted by atomic mass is 15.0. The zero-order chi connectivity index (χ0) is 10.4. The quantitative estimate of drug-likeness (QED) is 0.780. The fourth-order valence-corrected chi connectivity index (χ4v) is 1.40. The van der Waals surface area contributed by atoms with E-state index in [2.05, 4.69) is 29.1 Å². The lowest BCUT2D eigenvalue weighted by atomic mass is 10.2. The molecule has 0 radical (unpaired) electrons. The second-order valence-electron chi connectivity index (χ2n) is 3.41. The normalized spacial score (nSPS) is 10.2. The molecule has 0 saturated heterocycles. The van der Waals surface area contributed by atoms with Crippen molar-refractivity contribution in [2.24, 2.45) is 0 Å². The van der Waals surface area contributed by atoms with Crippen LogP contribution >= 0.6 is 0 Å². The second-order valence-corrected chi connectivity index (χ2v) is 3.41. The van der Waals surface area contributed by atoms with Gasteiger partial charge >= 0.3 is 0 Å². The van der Waals surface area contributed by atoms with Crippen LogP contribution in [0.3, 0.4) is 0 Å². The van der Waals surface area contributed by atoms with Crippen LogP contribution in [-0.2, 0) is 12.8 Å². The number of hydrogen-bond donors (Lipinski definition) is 1. The summed E-state index contributed by atoms with van der Waals surface area (Å²) in [6, 6.07) is 2.03. The average Bonchev–Trinajstić information content (AvgIpc) is 2.18. The molecule has 0 aliphatic heterocycles. The number of nitrogens with zero attached hydrogens (tertiary/aromatic N) is 2. The molecule has 1 aromatic rings. The molecule has 3 heteroatoms. The molecule has 1 rings (SSSR count). The first-order chi connectivity index (χ1) is 6.80. The van der Waals surface area contributed by atoms with Crippen molar-refractivity contribution in [2.75, 3.05) is 12.4 Å². The van der Waals surface area contributed by atoms with Crippen molar-refractivity contribution < 1.29 is 0 Å². The summed E-state index contributed by atoms with van der Waals surface area (Å²) >= 11 is 0. The number of aromatic nitrogens is 2. The van der Waals surface area contributed by atoms with E-state index in [4.69, 9.17) is 0 Å². The summed E-state index contributed by atoms with van der Waals surface area (Å²) in [5.74, 6) is 1.90. The van der Waals surface area contributed by atoms with E-state index in [1.165, 1.54) is 0 Å². The number of anilines is 1. The van der Waals surface area contributed by atoms with Crippen LogP contribution in [0.5, 0.6) is 0 Å². The first-order valence-electron chi connectivity index (χ1n) is 5.34. The highest BCUT2D eigenvalue weighted by molar-refractivity contribution is 5.35. The largest absolute Gasteiger partial charge is 0.373 e. The van der Waals surface area contributed by atoms with Crippen LogP contribution in [-0.4, -0.2) is 17.0 Å². The predicted molar refractivity (Wildman–Crippen MR) is 59.6 cm³/mol. The lowest BCUT2D eigenvalue weighted by Gasteiger charge is -2.06. The van der Waals surface area contributed by atoms with Crippen molar-refractivity contribution in [1.82, 2.24) is 9.97 Å². The molecule has 0 aliphatic carbocycles. The van der Waals surface area contributed by atoms with Gasteiger partial charge in [0.05, 0.1) is 0 Å². The molecular weight excluding hydrogens is 174 g/mol. The molecule has 3 nitrogen and oxygen atoms in total. The Morgan fingerprint density at radius 3 is 2.43 bits per heavy atom. The summed E-state index contributed by atoms with van der Waals surface area (Å²) < 4.78 is 0. The van der Waals surface area contributed by atoms with Gasteiger partial charge in [0.2, 0.25) is 0 Å². The number of rotatable bonds is 5. The first-order valence-corrected chi connectivity index (χ1v) is 5.34. The van der Waals surface area contributed by atoms with Crippen molar-refractivity contribution in [2.45, 2.75) is 39.5 Å². The fourth-order valence-electron chi connectivity index (χ4n) is 1.40. The molecule has 1 N–H and O–H groups in total. The smallest absolute Gasteiger partial charge is 0.130 e. The Morgan fingerprint density at radius 1 is 1.14 bits per heavy atom. The van der Waals surface area contributed by atoms with Gasteiger partial charge < -0.3 is 5.32 Å². The van der Waals surface area contributed by atoms with Crippen molar-refractivity contribution >= 4 is 5.82 Å². The summed E-state index contributed by atoms with van der Waals surface area (Å²) in [5, 5.41) is 3.07. The summed E-state index contributed by atoms with van der Waals surface area (Å²) in [6.07, 6.45) is 4.23. The van der Waals surface area contributed by atoms with Crippen LogP contribution in [0.2, 0.25) is 0 Å². The van der Waals surface area contributed by atoms with Crippen LogP contribution in [0.25, 0.3) is 0 Å². The monoisotopic (exact) mass is 193 g/mol. The average molecular weight is 193 g/mol. The molecule has 0 aliphatic rings. The van der Waals surface area contributed by atoms with Crippen molar-refractivity contribution in [1.29, 1.82) is 0 Å². The molecule has 1 heterocycles. The maximum absolute atomic E-state index is 4.51. The third-order valence-electron chi connectivity index (χ3n) is 2.06. The van der Waals surface area contributed by atoms with Gasteiger partial charge in [-0.15, -0.1) is 0 Å². The molecule has 0 spiro atoms. The third kappa shape index (κ3) is 2.98. The molecule has 0 amide bonds. The van der Waals surface area contributed by atoms with E-state index in [9.17, 15) is 0 Å². The Bertz CT molecular complexity index is 260. The lowest BCUT2D eigenvalue weighted by Crippen LogP contribution is -2.03. The predicted octanol–water partition coefficient (Wildman–Crippen LogP) is 2.42. The molecule has 0 bridgehead atoms. The van der Waals surface area contributed by atoms with Crippen molar-refractivity contribution in [3.8, 4) is 0 Å². The van der Waals surface area contributed by atoms with Crippen LogP contribution in [0.15, 0.2) is 6.07 Å². The molecule has 0 atom stereocenters. The summed E-state index contributed by atoms with van der Waals surface area (Å²) in [6.45, 7) is 4.32. The van der Waals surface area contributed by atoms with Gasteiger partial charge in [-0.2, -0.15) is 0 Å². The van der Waals surface area contributed by atoms with Crippen LogP contribution in [0.4, 0.5) is 5.82 Å². The molecule has 0 saturated carbocycles. The minimum absolute atomic E-state index is 0.937. The van der Waals surface area contributed by atoms with E-state index >= 15 is 0 Å². The standard InChI is InChI=1S/C11H19N3/c1-4-6-9-8-11(12-3)14-10(13-9)7-5-2/h8H,4-7H2,1-3H3,(H,12,13,14). The second kappa shape index (κ2) is 5.58. The van der Waals surface area contributed by atoms with Gasteiger partial charge in [-0.1, -0.05) is 20.3 Å². The Kier molecular flexibility index (Phi) is 4.36. The molecule has 78 valence electrons. The van der Waals surface area contributed by atoms with E-state index in [-0.39, 0.29) is 0 Å². The Morgan fingerprint density at radius 2 is 1.86 bits per heavy atom. The van der Waals surface area contributed by atoms with E-state index < -0.39 is 0 Å². The molecule has 0 unspecified atom stereocenters. The van der Waals surface area contributed by atoms with Gasteiger partial charge in [0.25, 0.3) is 0 Å². The Balaban J connectivity index is 2.88. The van der Waals surface area contributed by atoms with Gasteiger partial charge in [0.1, 0.15) is 11.6 Å². The summed E-state index contributed by atoms with van der Waals surface area (Å²) in [7, 11) is 1.90. The van der Waals surface area contributed by atoms with Gasteiger partial charge in [0, 0.05) is 25.2 Å². The zero-order valence-corrected chi connectivity index (χ0v) is 9.30. The lowest BCUT2D eigenvalue weighted by molar-refractivity contribution is 0.795. The maximum atomic E-state index is 4.51. The summed E-state index contributed by atoms with van der Waals surface area (Å²) in [5.41, 5.74) is 1.15. The molecule has 0 fully saturated rings. The van der Waals surface area contributed by atoms with E-state index in [1.807, 2.05) is 13.1 Å². The Labute approximate surface area is 86.0 Å². The number of hydrogen-bond acceptors (Lipinski definition) is 3. The highest BCUT2D eigenvalue weighted by Crippen LogP contribution is 2.09. The van der Waals surface area contributed by atoms with Gasteiger partial charge in [0.15, 0.2) is 0 Å². The molecule has 14 heavy (non-hydrogen) atoms. The van der Waals surface area contributed by atoms with E-state index in [0.29, 0.717) is 0 Å². The molecule has 0 aromatic carbocycles.